The predicted molar refractivity (Wildman–Crippen MR) is 103 cm³/mol. The second-order valence-corrected chi connectivity index (χ2v) is 6.90. The molecule has 0 atom stereocenters. The van der Waals surface area contributed by atoms with E-state index in [2.05, 4.69) is 44.8 Å². The van der Waals surface area contributed by atoms with Crippen molar-refractivity contribution in [2.45, 2.75) is 47.5 Å². The zero-order valence-corrected chi connectivity index (χ0v) is 16.3. The van der Waals surface area contributed by atoms with Gasteiger partial charge in [-0.05, 0) is 56.4 Å². The molecule has 2 heterocycles. The molecule has 0 saturated carbocycles. The number of aryl methyl sites for hydroxylation is 3. The van der Waals surface area contributed by atoms with Gasteiger partial charge < -0.3 is 4.74 Å². The summed E-state index contributed by atoms with van der Waals surface area (Å²) >= 11 is 0. The standard InChI is InChI=1S/C21H25N3O2/c1-7-26-21(25)16-11-17(12(2)3)24-20(22-16)19(15(6)23-24)18-13(4)9-8-10-14(18)5/h8-12H,7H2,1-6H3. The number of benzene rings is 1. The fourth-order valence-electron chi connectivity index (χ4n) is 3.37. The lowest BCUT2D eigenvalue weighted by atomic mass is 9.96. The number of hydrogen-bond donors (Lipinski definition) is 0. The molecule has 0 N–H and O–H groups in total. The van der Waals surface area contributed by atoms with Crippen molar-refractivity contribution in [3.63, 3.8) is 0 Å². The Bertz CT molecular complexity index is 966. The van der Waals surface area contributed by atoms with E-state index in [1.54, 1.807) is 13.0 Å². The molecular weight excluding hydrogens is 326 g/mol. The molecule has 0 unspecified atom stereocenters. The largest absolute Gasteiger partial charge is 0.461 e. The highest BCUT2D eigenvalue weighted by Gasteiger charge is 2.22. The van der Waals surface area contributed by atoms with Crippen molar-refractivity contribution < 1.29 is 9.53 Å². The van der Waals surface area contributed by atoms with E-state index in [4.69, 9.17) is 9.84 Å². The van der Waals surface area contributed by atoms with Crippen molar-refractivity contribution in [2.24, 2.45) is 0 Å². The van der Waals surface area contributed by atoms with Gasteiger partial charge in [0, 0.05) is 5.69 Å². The summed E-state index contributed by atoms with van der Waals surface area (Å²) in [5.74, 6) is -0.206. The first-order chi connectivity index (χ1) is 12.3. The van der Waals surface area contributed by atoms with Crippen molar-refractivity contribution in [3.05, 3.63) is 52.5 Å². The summed E-state index contributed by atoms with van der Waals surface area (Å²) in [7, 11) is 0. The van der Waals surface area contributed by atoms with Crippen LogP contribution in [0.5, 0.6) is 0 Å². The number of carbonyl (C=O) groups is 1. The second-order valence-electron chi connectivity index (χ2n) is 6.90. The minimum absolute atomic E-state index is 0.193. The van der Waals surface area contributed by atoms with E-state index in [9.17, 15) is 4.79 Å². The van der Waals surface area contributed by atoms with Crippen LogP contribution < -0.4 is 0 Å². The van der Waals surface area contributed by atoms with Crippen LogP contribution in [0, 0.1) is 20.8 Å². The quantitative estimate of drug-likeness (QED) is 0.644. The van der Waals surface area contributed by atoms with Crippen LogP contribution in [0.1, 0.15) is 59.7 Å². The zero-order valence-electron chi connectivity index (χ0n) is 16.3. The Balaban J connectivity index is 2.38. The molecule has 0 radical (unpaired) electrons. The Morgan fingerprint density at radius 1 is 1.15 bits per heavy atom. The SMILES string of the molecule is CCOC(=O)c1cc(C(C)C)n2nc(C)c(-c3c(C)cccc3C)c2n1. The van der Waals surface area contributed by atoms with Crippen molar-refractivity contribution in [3.8, 4) is 11.1 Å². The minimum atomic E-state index is -0.400. The van der Waals surface area contributed by atoms with Crippen LogP contribution >= 0.6 is 0 Å². The van der Waals surface area contributed by atoms with Crippen LogP contribution in [0.25, 0.3) is 16.8 Å². The number of ether oxygens (including phenoxy) is 1. The molecule has 2 aromatic heterocycles. The maximum Gasteiger partial charge on any atom is 0.357 e. The third-order valence-electron chi connectivity index (χ3n) is 4.60. The van der Waals surface area contributed by atoms with E-state index in [0.29, 0.717) is 17.9 Å². The Morgan fingerprint density at radius 3 is 2.38 bits per heavy atom. The van der Waals surface area contributed by atoms with Gasteiger partial charge in [0.05, 0.1) is 17.9 Å². The Labute approximate surface area is 154 Å². The van der Waals surface area contributed by atoms with Crippen LogP contribution in [0.4, 0.5) is 0 Å². The number of rotatable bonds is 4. The van der Waals surface area contributed by atoms with Crippen LogP contribution in [0.2, 0.25) is 0 Å². The van der Waals surface area contributed by atoms with E-state index in [0.717, 1.165) is 33.6 Å². The highest BCUT2D eigenvalue weighted by Crippen LogP contribution is 2.34. The third kappa shape index (κ3) is 2.98. The molecule has 0 aliphatic carbocycles. The van der Waals surface area contributed by atoms with Gasteiger partial charge in [0.2, 0.25) is 0 Å². The lowest BCUT2D eigenvalue weighted by Gasteiger charge is -2.12. The lowest BCUT2D eigenvalue weighted by molar-refractivity contribution is 0.0519. The van der Waals surface area contributed by atoms with Crippen molar-refractivity contribution in [1.82, 2.24) is 14.6 Å². The van der Waals surface area contributed by atoms with Gasteiger partial charge in [0.25, 0.3) is 0 Å². The van der Waals surface area contributed by atoms with Gasteiger partial charge in [-0.2, -0.15) is 5.10 Å². The summed E-state index contributed by atoms with van der Waals surface area (Å²) in [4.78, 5) is 17.0. The van der Waals surface area contributed by atoms with Gasteiger partial charge in [-0.3, -0.25) is 0 Å². The van der Waals surface area contributed by atoms with Crippen LogP contribution in [-0.2, 0) is 4.74 Å². The van der Waals surface area contributed by atoms with Gasteiger partial charge in [-0.25, -0.2) is 14.3 Å². The summed E-state index contributed by atoms with van der Waals surface area (Å²) in [5.41, 5.74) is 7.31. The van der Waals surface area contributed by atoms with E-state index in [1.807, 2.05) is 17.5 Å². The van der Waals surface area contributed by atoms with Crippen LogP contribution in [0.15, 0.2) is 24.3 Å². The van der Waals surface area contributed by atoms with E-state index in [1.165, 1.54) is 0 Å². The van der Waals surface area contributed by atoms with Gasteiger partial charge in [0.1, 0.15) is 0 Å². The highest BCUT2D eigenvalue weighted by molar-refractivity contribution is 5.90. The third-order valence-corrected chi connectivity index (χ3v) is 4.60. The van der Waals surface area contributed by atoms with Crippen molar-refractivity contribution in [2.75, 3.05) is 6.61 Å². The molecule has 136 valence electrons. The number of fused-ring (bicyclic) bond motifs is 1. The average Bonchev–Trinajstić information content (AvgIpc) is 2.90. The van der Waals surface area contributed by atoms with E-state index >= 15 is 0 Å². The number of hydrogen-bond acceptors (Lipinski definition) is 4. The molecule has 5 nitrogen and oxygen atoms in total. The molecule has 26 heavy (non-hydrogen) atoms. The molecule has 3 rings (SSSR count). The first-order valence-corrected chi connectivity index (χ1v) is 8.99. The maximum atomic E-state index is 12.3. The van der Waals surface area contributed by atoms with Crippen molar-refractivity contribution >= 4 is 11.6 Å². The molecule has 1 aromatic carbocycles. The van der Waals surface area contributed by atoms with Crippen LogP contribution in [-0.4, -0.2) is 27.2 Å². The lowest BCUT2D eigenvalue weighted by Crippen LogP contribution is -2.12. The summed E-state index contributed by atoms with van der Waals surface area (Å²) < 4.78 is 7.05. The van der Waals surface area contributed by atoms with Gasteiger partial charge in [-0.1, -0.05) is 32.0 Å². The highest BCUT2D eigenvalue weighted by atomic mass is 16.5. The first kappa shape index (κ1) is 18.1. The molecule has 0 saturated heterocycles. The summed E-state index contributed by atoms with van der Waals surface area (Å²) in [6.07, 6.45) is 0. The van der Waals surface area contributed by atoms with E-state index in [-0.39, 0.29) is 5.92 Å². The molecule has 0 amide bonds. The maximum absolute atomic E-state index is 12.3. The number of esters is 1. The number of nitrogens with zero attached hydrogens (tertiary/aromatic N) is 3. The summed E-state index contributed by atoms with van der Waals surface area (Å²) in [5, 5.41) is 4.74. The van der Waals surface area contributed by atoms with E-state index < -0.39 is 5.97 Å². The summed E-state index contributed by atoms with van der Waals surface area (Å²) in [6.45, 7) is 12.5. The molecule has 0 aliphatic rings. The smallest absolute Gasteiger partial charge is 0.357 e. The zero-order chi connectivity index (χ0) is 19.0. The Morgan fingerprint density at radius 2 is 1.81 bits per heavy atom. The van der Waals surface area contributed by atoms with Crippen LogP contribution in [0.3, 0.4) is 0 Å². The fraction of sp³-hybridized carbons (Fsp3) is 0.381. The fourth-order valence-corrected chi connectivity index (χ4v) is 3.37. The molecule has 0 spiro atoms. The van der Waals surface area contributed by atoms with Gasteiger partial charge in [-0.15, -0.1) is 0 Å². The molecule has 0 aliphatic heterocycles. The van der Waals surface area contributed by atoms with Crippen molar-refractivity contribution in [1.29, 1.82) is 0 Å². The Hall–Kier alpha value is -2.69. The summed E-state index contributed by atoms with van der Waals surface area (Å²) in [6, 6.07) is 8.01. The monoisotopic (exact) mass is 351 g/mol. The topological polar surface area (TPSA) is 56.5 Å². The molecule has 0 bridgehead atoms. The van der Waals surface area contributed by atoms with Gasteiger partial charge >= 0.3 is 5.97 Å². The Kier molecular flexibility index (Phi) is 4.81. The number of aromatic nitrogens is 3. The minimum Gasteiger partial charge on any atom is -0.461 e. The molecular formula is C21H25N3O2. The molecule has 0 fully saturated rings. The molecule has 5 heteroatoms. The normalized spacial score (nSPS) is 11.3. The first-order valence-electron chi connectivity index (χ1n) is 8.99. The average molecular weight is 351 g/mol. The van der Waals surface area contributed by atoms with Gasteiger partial charge in [0.15, 0.2) is 11.3 Å². The predicted octanol–water partition coefficient (Wildman–Crippen LogP) is 4.62. The second kappa shape index (κ2) is 6.90. The number of carbonyl (C=O) groups excluding carboxylic acids is 1. The molecule has 3 aromatic rings.